The number of fused-ring (bicyclic) bond motifs is 2. The zero-order valence-electron chi connectivity index (χ0n) is 28.4. The average molecular weight is 714 g/mol. The molecule has 0 saturated heterocycles. The van der Waals surface area contributed by atoms with Crippen LogP contribution in [-0.2, 0) is 31.0 Å². The average Bonchev–Trinajstić information content (AvgIpc) is 3.58. The van der Waals surface area contributed by atoms with Crippen LogP contribution in [0.25, 0.3) is 22.0 Å². The van der Waals surface area contributed by atoms with E-state index < -0.39 is 12.0 Å². The van der Waals surface area contributed by atoms with Gasteiger partial charge in [0.2, 0.25) is 0 Å². The van der Waals surface area contributed by atoms with E-state index in [1.165, 1.54) is 0 Å². The van der Waals surface area contributed by atoms with Crippen LogP contribution in [-0.4, -0.2) is 35.3 Å². The fraction of sp³-hybridized carbons (Fsp3) is 0.190. The number of aliphatic carboxylic acids is 1. The van der Waals surface area contributed by atoms with Crippen LogP contribution in [0.2, 0.25) is 5.02 Å². The van der Waals surface area contributed by atoms with Crippen molar-refractivity contribution >= 4 is 28.5 Å². The van der Waals surface area contributed by atoms with E-state index in [9.17, 15) is 15.2 Å². The molecule has 1 unspecified atom stereocenters. The number of carbonyl (C=O) groups is 1. The summed E-state index contributed by atoms with van der Waals surface area (Å²) in [5.74, 6) is 1.40. The summed E-state index contributed by atoms with van der Waals surface area (Å²) in [5.41, 5.74) is 7.95. The number of rotatable bonds is 13. The quantitative estimate of drug-likeness (QED) is 0.109. The minimum absolute atomic E-state index is 0.170. The van der Waals surface area contributed by atoms with Gasteiger partial charge in [0.1, 0.15) is 44.0 Å². The number of aromatic nitrogens is 1. The third-order valence-electron chi connectivity index (χ3n) is 9.18. The first-order valence-electron chi connectivity index (χ1n) is 16.9. The highest BCUT2D eigenvalue weighted by Gasteiger charge is 2.21. The highest BCUT2D eigenvalue weighted by atomic mass is 35.5. The fourth-order valence-corrected chi connectivity index (χ4v) is 6.61. The highest BCUT2D eigenvalue weighted by molar-refractivity contribution is 6.32. The molecule has 1 aliphatic rings. The summed E-state index contributed by atoms with van der Waals surface area (Å²) in [5, 5.41) is 24.1. The molecule has 0 aliphatic carbocycles. The standard InChI is InChI=1S/C42H36ClN3O6/c1-26-30(8-5-10-33(26)29-12-13-38-41(19-29)50-15-14-49-38)25-52-40-20-39(51-24-28-7-4-6-27(16-28)21-44)32(17-35(40)43)23-46-37(42(47)48)18-31-22-45-36-11-3-2-9-34(31)36/h2-13,16-17,19-20,22,37,45-46H,14-15,18,23-25H2,1H3,(H,47,48). The Kier molecular flexibility index (Phi) is 10.3. The number of halogens is 1. The van der Waals surface area contributed by atoms with Crippen molar-refractivity contribution in [3.05, 3.63) is 142 Å². The van der Waals surface area contributed by atoms with Gasteiger partial charge in [-0.3, -0.25) is 10.1 Å². The summed E-state index contributed by atoms with van der Waals surface area (Å²) in [7, 11) is 0. The van der Waals surface area contributed by atoms with E-state index in [1.54, 1.807) is 30.3 Å². The molecular formula is C42H36ClN3O6. The molecule has 3 N–H and O–H groups in total. The zero-order chi connectivity index (χ0) is 36.0. The molecule has 7 rings (SSSR count). The third kappa shape index (κ3) is 7.69. The van der Waals surface area contributed by atoms with Crippen molar-refractivity contribution < 1.29 is 28.8 Å². The van der Waals surface area contributed by atoms with Crippen LogP contribution in [0.5, 0.6) is 23.0 Å². The summed E-state index contributed by atoms with van der Waals surface area (Å²) in [6.07, 6.45) is 2.12. The van der Waals surface area contributed by atoms with Crippen LogP contribution < -0.4 is 24.3 Å². The number of hydrogen-bond acceptors (Lipinski definition) is 7. The normalized spacial score (nSPS) is 12.6. The molecule has 2 heterocycles. The first-order chi connectivity index (χ1) is 25.4. The second-order valence-electron chi connectivity index (χ2n) is 12.6. The molecule has 1 atom stereocenters. The predicted octanol–water partition coefficient (Wildman–Crippen LogP) is 8.38. The highest BCUT2D eigenvalue weighted by Crippen LogP contribution is 2.37. The number of nitrogens with zero attached hydrogens (tertiary/aromatic N) is 1. The molecule has 0 saturated carbocycles. The third-order valence-corrected chi connectivity index (χ3v) is 9.48. The van der Waals surface area contributed by atoms with Crippen LogP contribution >= 0.6 is 11.6 Å². The molecule has 9 nitrogen and oxygen atoms in total. The second-order valence-corrected chi connectivity index (χ2v) is 13.0. The molecular weight excluding hydrogens is 678 g/mol. The number of carboxylic acids is 1. The summed E-state index contributed by atoms with van der Waals surface area (Å²) < 4.78 is 24.1. The SMILES string of the molecule is Cc1c(COc2cc(OCc3cccc(C#N)c3)c(CNC(Cc3c[nH]c4ccccc34)C(=O)O)cc2Cl)cccc1-c1ccc2c(c1)OCCO2. The lowest BCUT2D eigenvalue weighted by Gasteiger charge is -2.20. The number of nitriles is 1. The van der Waals surface area contributed by atoms with Crippen molar-refractivity contribution in [3.63, 3.8) is 0 Å². The number of nitrogens with one attached hydrogen (secondary N) is 2. The van der Waals surface area contributed by atoms with Gasteiger partial charge in [0.15, 0.2) is 11.5 Å². The van der Waals surface area contributed by atoms with Gasteiger partial charge in [0.25, 0.3) is 0 Å². The topological polar surface area (TPSA) is 126 Å². The van der Waals surface area contributed by atoms with E-state index >= 15 is 0 Å². The Morgan fingerprint density at radius 2 is 1.71 bits per heavy atom. The Bertz CT molecular complexity index is 2290. The summed E-state index contributed by atoms with van der Waals surface area (Å²) in [6, 6.07) is 31.8. The van der Waals surface area contributed by atoms with E-state index in [0.717, 1.165) is 55.8 Å². The molecule has 0 radical (unpaired) electrons. The first-order valence-corrected chi connectivity index (χ1v) is 17.3. The Balaban J connectivity index is 1.12. The lowest BCUT2D eigenvalue weighted by atomic mass is 9.96. The molecule has 1 aliphatic heterocycles. The smallest absolute Gasteiger partial charge is 0.321 e. The Morgan fingerprint density at radius 1 is 0.904 bits per heavy atom. The minimum Gasteiger partial charge on any atom is -0.488 e. The van der Waals surface area contributed by atoms with Gasteiger partial charge in [-0.15, -0.1) is 0 Å². The summed E-state index contributed by atoms with van der Waals surface area (Å²) in [6.45, 7) is 3.70. The summed E-state index contributed by atoms with van der Waals surface area (Å²) in [4.78, 5) is 15.6. The molecule has 0 amide bonds. The van der Waals surface area contributed by atoms with E-state index in [-0.39, 0.29) is 26.2 Å². The lowest BCUT2D eigenvalue weighted by Crippen LogP contribution is -2.38. The molecule has 0 spiro atoms. The number of aromatic amines is 1. The predicted molar refractivity (Wildman–Crippen MR) is 199 cm³/mol. The monoisotopic (exact) mass is 713 g/mol. The van der Waals surface area contributed by atoms with Crippen molar-refractivity contribution in [2.24, 2.45) is 0 Å². The van der Waals surface area contributed by atoms with E-state index in [2.05, 4.69) is 29.4 Å². The number of para-hydroxylation sites is 1. The van der Waals surface area contributed by atoms with Crippen LogP contribution in [0.1, 0.15) is 33.4 Å². The number of hydrogen-bond donors (Lipinski definition) is 3. The van der Waals surface area contributed by atoms with Crippen molar-refractivity contribution in [1.29, 1.82) is 5.26 Å². The molecule has 0 bridgehead atoms. The van der Waals surface area contributed by atoms with Crippen molar-refractivity contribution in [3.8, 4) is 40.2 Å². The molecule has 10 heteroatoms. The second kappa shape index (κ2) is 15.5. The molecule has 5 aromatic carbocycles. The van der Waals surface area contributed by atoms with Gasteiger partial charge in [-0.1, -0.05) is 66.2 Å². The largest absolute Gasteiger partial charge is 0.488 e. The van der Waals surface area contributed by atoms with Crippen LogP contribution in [0, 0.1) is 18.3 Å². The van der Waals surface area contributed by atoms with Gasteiger partial charge >= 0.3 is 5.97 Å². The zero-order valence-corrected chi connectivity index (χ0v) is 29.2. The lowest BCUT2D eigenvalue weighted by molar-refractivity contribution is -0.139. The van der Waals surface area contributed by atoms with E-state index in [0.29, 0.717) is 40.9 Å². The molecule has 0 fully saturated rings. The van der Waals surface area contributed by atoms with Gasteiger partial charge in [-0.05, 0) is 76.7 Å². The maximum absolute atomic E-state index is 12.4. The van der Waals surface area contributed by atoms with E-state index in [4.69, 9.17) is 30.5 Å². The van der Waals surface area contributed by atoms with Crippen LogP contribution in [0.3, 0.4) is 0 Å². The van der Waals surface area contributed by atoms with Crippen LogP contribution in [0.4, 0.5) is 0 Å². The van der Waals surface area contributed by atoms with Crippen molar-refractivity contribution in [2.45, 2.75) is 39.1 Å². The molecule has 262 valence electrons. The van der Waals surface area contributed by atoms with Gasteiger partial charge in [0, 0.05) is 41.7 Å². The summed E-state index contributed by atoms with van der Waals surface area (Å²) >= 11 is 6.83. The number of H-pyrrole nitrogens is 1. The van der Waals surface area contributed by atoms with Gasteiger partial charge in [-0.2, -0.15) is 5.26 Å². The van der Waals surface area contributed by atoms with Gasteiger partial charge in [-0.25, -0.2) is 0 Å². The van der Waals surface area contributed by atoms with Crippen LogP contribution in [0.15, 0.2) is 103 Å². The van der Waals surface area contributed by atoms with Crippen molar-refractivity contribution in [1.82, 2.24) is 10.3 Å². The fourth-order valence-electron chi connectivity index (χ4n) is 6.37. The van der Waals surface area contributed by atoms with Crippen molar-refractivity contribution in [2.75, 3.05) is 13.2 Å². The minimum atomic E-state index is -0.971. The molecule has 1 aromatic heterocycles. The first kappa shape index (κ1) is 34.5. The molecule has 52 heavy (non-hydrogen) atoms. The Morgan fingerprint density at radius 3 is 2.56 bits per heavy atom. The van der Waals surface area contributed by atoms with Gasteiger partial charge in [0.05, 0.1) is 16.7 Å². The number of benzene rings is 5. The molecule has 6 aromatic rings. The number of carboxylic acid groups (broad SMARTS) is 1. The number of ether oxygens (including phenoxy) is 4. The maximum atomic E-state index is 12.4. The van der Waals surface area contributed by atoms with E-state index in [1.807, 2.05) is 66.9 Å². The Hall–Kier alpha value is -5.95. The maximum Gasteiger partial charge on any atom is 0.321 e. The Labute approximate surface area is 306 Å². The van der Waals surface area contributed by atoms with Gasteiger partial charge < -0.3 is 29.0 Å².